The first-order valence-electron chi connectivity index (χ1n) is 5.51. The first kappa shape index (κ1) is 14.7. The van der Waals surface area contributed by atoms with E-state index in [1.165, 1.54) is 19.2 Å². The Morgan fingerprint density at radius 1 is 1.28 bits per heavy atom. The van der Waals surface area contributed by atoms with E-state index in [1.807, 2.05) is 6.92 Å². The smallest absolute Gasteiger partial charge is 0.235 e. The number of hydrogen-bond acceptors (Lipinski definition) is 4. The Bertz CT molecular complexity index is 493. The summed E-state index contributed by atoms with van der Waals surface area (Å²) in [5.74, 6) is -1.06. The number of aryl methyl sites for hydroxylation is 1. The number of amides is 1. The molecule has 1 rings (SSSR count). The summed E-state index contributed by atoms with van der Waals surface area (Å²) in [5, 5.41) is 2.48. The van der Waals surface area contributed by atoms with Gasteiger partial charge < -0.3 is 10.1 Å². The predicted octanol–water partition coefficient (Wildman–Crippen LogP) is 0.531. The lowest BCUT2D eigenvalue weighted by Gasteiger charge is -2.06. The fourth-order valence-electron chi connectivity index (χ4n) is 1.35. The van der Waals surface area contributed by atoms with Crippen LogP contribution in [0.15, 0.2) is 29.2 Å². The van der Waals surface area contributed by atoms with Crippen molar-refractivity contribution in [3.05, 3.63) is 29.8 Å². The monoisotopic (exact) mass is 271 g/mol. The third kappa shape index (κ3) is 4.46. The third-order valence-electron chi connectivity index (χ3n) is 2.33. The highest BCUT2D eigenvalue weighted by Crippen LogP contribution is 2.11. The van der Waals surface area contributed by atoms with E-state index < -0.39 is 21.5 Å². The highest BCUT2D eigenvalue weighted by Gasteiger charge is 2.18. The molecule has 1 aromatic rings. The van der Waals surface area contributed by atoms with Gasteiger partial charge in [-0.25, -0.2) is 8.42 Å². The van der Waals surface area contributed by atoms with Crippen LogP contribution in [0.1, 0.15) is 5.56 Å². The highest BCUT2D eigenvalue weighted by atomic mass is 32.2. The van der Waals surface area contributed by atoms with Crippen LogP contribution in [0.4, 0.5) is 0 Å². The molecule has 1 N–H and O–H groups in total. The lowest BCUT2D eigenvalue weighted by molar-refractivity contribution is -0.118. The van der Waals surface area contributed by atoms with Gasteiger partial charge in [0.25, 0.3) is 0 Å². The Kier molecular flexibility index (Phi) is 5.30. The average molecular weight is 271 g/mol. The molecule has 0 unspecified atom stereocenters. The molecule has 0 bridgehead atoms. The molecular weight excluding hydrogens is 254 g/mol. The molecule has 0 heterocycles. The first-order valence-corrected chi connectivity index (χ1v) is 7.16. The summed E-state index contributed by atoms with van der Waals surface area (Å²) in [5.41, 5.74) is 0.971. The SMILES string of the molecule is COCCNC(=O)CS(=O)(=O)c1ccc(C)cc1. The Labute approximate surface area is 107 Å². The number of rotatable bonds is 6. The van der Waals surface area contributed by atoms with Crippen LogP contribution in [-0.2, 0) is 19.4 Å². The summed E-state index contributed by atoms with van der Waals surface area (Å²) in [6.07, 6.45) is 0. The molecule has 18 heavy (non-hydrogen) atoms. The second kappa shape index (κ2) is 6.51. The maximum atomic E-state index is 11.9. The largest absolute Gasteiger partial charge is 0.383 e. The van der Waals surface area contributed by atoms with E-state index in [0.717, 1.165) is 5.56 Å². The topological polar surface area (TPSA) is 72.5 Å². The van der Waals surface area contributed by atoms with Crippen molar-refractivity contribution >= 4 is 15.7 Å². The normalized spacial score (nSPS) is 11.2. The van der Waals surface area contributed by atoms with Gasteiger partial charge in [-0.2, -0.15) is 0 Å². The van der Waals surface area contributed by atoms with E-state index in [9.17, 15) is 13.2 Å². The van der Waals surface area contributed by atoms with Crippen LogP contribution >= 0.6 is 0 Å². The molecule has 0 saturated carbocycles. The predicted molar refractivity (Wildman–Crippen MR) is 68.1 cm³/mol. The zero-order valence-corrected chi connectivity index (χ0v) is 11.3. The molecule has 0 aliphatic heterocycles. The molecule has 0 aliphatic rings. The van der Waals surface area contributed by atoms with Gasteiger partial charge in [0.2, 0.25) is 5.91 Å². The molecular formula is C12H17NO4S. The Morgan fingerprint density at radius 2 is 1.89 bits per heavy atom. The number of methoxy groups -OCH3 is 1. The zero-order valence-electron chi connectivity index (χ0n) is 10.5. The second-order valence-electron chi connectivity index (χ2n) is 3.91. The molecule has 5 nitrogen and oxygen atoms in total. The number of sulfone groups is 1. The molecule has 1 aromatic carbocycles. The van der Waals surface area contributed by atoms with Gasteiger partial charge in [-0.15, -0.1) is 0 Å². The lowest BCUT2D eigenvalue weighted by atomic mass is 10.2. The van der Waals surface area contributed by atoms with Gasteiger partial charge in [-0.3, -0.25) is 4.79 Å². The van der Waals surface area contributed by atoms with E-state index in [1.54, 1.807) is 12.1 Å². The second-order valence-corrected chi connectivity index (χ2v) is 5.90. The van der Waals surface area contributed by atoms with E-state index in [4.69, 9.17) is 4.74 Å². The van der Waals surface area contributed by atoms with Gasteiger partial charge in [0.05, 0.1) is 11.5 Å². The average Bonchev–Trinajstić information content (AvgIpc) is 2.29. The quantitative estimate of drug-likeness (QED) is 0.766. The number of benzene rings is 1. The number of hydrogen-bond donors (Lipinski definition) is 1. The Morgan fingerprint density at radius 3 is 2.44 bits per heavy atom. The minimum atomic E-state index is -3.57. The third-order valence-corrected chi connectivity index (χ3v) is 3.96. The van der Waals surface area contributed by atoms with E-state index in [0.29, 0.717) is 13.2 Å². The van der Waals surface area contributed by atoms with Crippen LogP contribution in [0.2, 0.25) is 0 Å². The van der Waals surface area contributed by atoms with Crippen molar-refractivity contribution in [1.82, 2.24) is 5.32 Å². The van der Waals surface area contributed by atoms with Crippen LogP contribution < -0.4 is 5.32 Å². The van der Waals surface area contributed by atoms with Gasteiger partial charge in [-0.1, -0.05) is 17.7 Å². The molecule has 0 atom stereocenters. The first-order chi connectivity index (χ1) is 8.45. The van der Waals surface area contributed by atoms with Crippen LogP contribution in [0, 0.1) is 6.92 Å². The lowest BCUT2D eigenvalue weighted by Crippen LogP contribution is -2.32. The summed E-state index contributed by atoms with van der Waals surface area (Å²) in [6, 6.07) is 6.42. The number of nitrogens with one attached hydrogen (secondary N) is 1. The molecule has 0 aromatic heterocycles. The van der Waals surface area contributed by atoms with Gasteiger partial charge in [0.1, 0.15) is 5.75 Å². The van der Waals surface area contributed by atoms with Crippen molar-refractivity contribution < 1.29 is 17.9 Å². The summed E-state index contributed by atoms with van der Waals surface area (Å²) < 4.78 is 28.5. The fourth-order valence-corrected chi connectivity index (χ4v) is 2.51. The van der Waals surface area contributed by atoms with Crippen LogP contribution in [-0.4, -0.2) is 40.3 Å². The minimum absolute atomic E-state index is 0.162. The van der Waals surface area contributed by atoms with Gasteiger partial charge in [-0.05, 0) is 19.1 Å². The standard InChI is InChI=1S/C12H17NO4S/c1-10-3-5-11(6-4-10)18(15,16)9-12(14)13-7-8-17-2/h3-6H,7-9H2,1-2H3,(H,13,14). The van der Waals surface area contributed by atoms with Crippen LogP contribution in [0.25, 0.3) is 0 Å². The Hall–Kier alpha value is -1.40. The summed E-state index contributed by atoms with van der Waals surface area (Å²) in [6.45, 7) is 2.53. The van der Waals surface area contributed by atoms with Crippen molar-refractivity contribution in [2.75, 3.05) is 26.0 Å². The molecule has 0 spiro atoms. The van der Waals surface area contributed by atoms with E-state index in [-0.39, 0.29) is 4.90 Å². The van der Waals surface area contributed by atoms with Gasteiger partial charge in [0, 0.05) is 13.7 Å². The maximum absolute atomic E-state index is 11.9. The van der Waals surface area contributed by atoms with Crippen molar-refractivity contribution in [2.45, 2.75) is 11.8 Å². The number of carbonyl (C=O) groups excluding carboxylic acids is 1. The van der Waals surface area contributed by atoms with Gasteiger partial charge >= 0.3 is 0 Å². The molecule has 0 fully saturated rings. The van der Waals surface area contributed by atoms with E-state index in [2.05, 4.69) is 5.32 Å². The van der Waals surface area contributed by atoms with Crippen LogP contribution in [0.3, 0.4) is 0 Å². The summed E-state index contributed by atoms with van der Waals surface area (Å²) in [4.78, 5) is 11.6. The minimum Gasteiger partial charge on any atom is -0.383 e. The molecule has 0 radical (unpaired) electrons. The zero-order chi connectivity index (χ0) is 13.6. The molecule has 1 amide bonds. The maximum Gasteiger partial charge on any atom is 0.235 e. The molecule has 0 saturated heterocycles. The Balaban J connectivity index is 2.64. The highest BCUT2D eigenvalue weighted by molar-refractivity contribution is 7.92. The van der Waals surface area contributed by atoms with Crippen molar-refractivity contribution in [3.8, 4) is 0 Å². The summed E-state index contributed by atoms with van der Waals surface area (Å²) >= 11 is 0. The summed E-state index contributed by atoms with van der Waals surface area (Å²) in [7, 11) is -2.06. The molecule has 100 valence electrons. The number of carbonyl (C=O) groups is 1. The van der Waals surface area contributed by atoms with E-state index >= 15 is 0 Å². The van der Waals surface area contributed by atoms with Crippen molar-refractivity contribution in [1.29, 1.82) is 0 Å². The van der Waals surface area contributed by atoms with Crippen molar-refractivity contribution in [2.24, 2.45) is 0 Å². The van der Waals surface area contributed by atoms with Crippen LogP contribution in [0.5, 0.6) is 0 Å². The fraction of sp³-hybridized carbons (Fsp3) is 0.417. The molecule has 6 heteroatoms. The number of ether oxygens (including phenoxy) is 1. The van der Waals surface area contributed by atoms with Gasteiger partial charge in [0.15, 0.2) is 9.84 Å². The van der Waals surface area contributed by atoms with Crippen molar-refractivity contribution in [3.63, 3.8) is 0 Å². The molecule has 0 aliphatic carbocycles.